The van der Waals surface area contributed by atoms with E-state index in [-0.39, 0.29) is 42.2 Å². The molecule has 0 aromatic carbocycles. The number of anilines is 3. The van der Waals surface area contributed by atoms with Crippen LogP contribution in [0.2, 0.25) is 0 Å². The quantitative estimate of drug-likeness (QED) is 0.0310. The van der Waals surface area contributed by atoms with Gasteiger partial charge in [-0.1, -0.05) is 22.1 Å². The number of hydrogen-bond acceptors (Lipinski definition) is 26. The Labute approximate surface area is 600 Å². The van der Waals surface area contributed by atoms with Gasteiger partial charge < -0.3 is 50.2 Å². The monoisotopic (exact) mass is 1420 g/mol. The first kappa shape index (κ1) is 71.4. The number of pyridine rings is 3. The van der Waals surface area contributed by atoms with E-state index in [1.165, 1.54) is 19.3 Å². The van der Waals surface area contributed by atoms with Crippen LogP contribution in [0.15, 0.2) is 67.3 Å². The minimum Gasteiger partial charge on any atom is -0.489 e. The molecule has 0 radical (unpaired) electrons. The van der Waals surface area contributed by atoms with E-state index < -0.39 is 17.9 Å². The lowest BCUT2D eigenvalue weighted by Gasteiger charge is -2.27. The molecule has 0 spiro atoms. The summed E-state index contributed by atoms with van der Waals surface area (Å²) in [6, 6.07) is 15.0. The van der Waals surface area contributed by atoms with Crippen molar-refractivity contribution in [1.29, 1.82) is 0 Å². The number of ether oxygens (including phenoxy) is 4. The highest BCUT2D eigenvalue weighted by molar-refractivity contribution is 5.71. The van der Waals surface area contributed by atoms with Crippen molar-refractivity contribution < 1.29 is 48.7 Å². The Morgan fingerprint density at radius 1 is 0.423 bits per heavy atom. The number of hydrogen-bond donors (Lipinski definition) is 6. The lowest BCUT2D eigenvalue weighted by atomic mass is 9.83. The van der Waals surface area contributed by atoms with Crippen molar-refractivity contribution in [2.45, 2.75) is 199 Å². The second kappa shape index (κ2) is 32.6. The summed E-state index contributed by atoms with van der Waals surface area (Å²) in [5, 5.41) is 63.3. The standard InChI is InChI=1S/C25H31N7O3.C24H29N7O4.C23H28N8O3/c1-15-22(35-18-8-4-7-17(13-18)24(33)34)10-9-20(28-15)23-21(32(2)31-30-23)14-27-25-26-12-11-19(29-25)16-5-3-6-16;1-14-20(34-17-5-3-4-15(12-17)23(32)33)9-8-18(27-14)22-19(31(2)30-29-22)13-26-24-25-11-10-21(28-24)35-16-6-7-16;1-13-19(34-16-5-3-4-15(10-16)22(32)33)9-8-17(27-13)20-18(31(2)30-29-20)11-24-23-26-12-25-21(28-23)14-6-7-14/h9-12,16-18H,3-8,13-14H2,1-2H3,(H,33,34)(H,26,27,29);8-11,15-17H,3-7,12-13H2,1-2H3,(H,32,33)(H,25,26,28);8-9,12,14-16H,3-7,10-11H2,1-2H3,(H,32,33)(H,24,25,26,28)/t17-,18-;15-,17-;15-,16-/m000/s1. The minimum atomic E-state index is -0.750. The van der Waals surface area contributed by atoms with Gasteiger partial charge in [-0.15, -0.1) is 15.3 Å². The third-order valence-corrected chi connectivity index (χ3v) is 19.9. The van der Waals surface area contributed by atoms with Crippen LogP contribution in [0, 0.1) is 38.5 Å². The molecule has 6 aliphatic carbocycles. The maximum atomic E-state index is 11.4. The zero-order chi connectivity index (χ0) is 72.4. The van der Waals surface area contributed by atoms with Crippen molar-refractivity contribution in [2.24, 2.45) is 38.9 Å². The first-order valence-corrected chi connectivity index (χ1v) is 35.9. The predicted molar refractivity (Wildman–Crippen MR) is 377 cm³/mol. The van der Waals surface area contributed by atoms with Crippen LogP contribution in [0.1, 0.15) is 180 Å². The third kappa shape index (κ3) is 18.1. The molecule has 0 unspecified atom stereocenters. The minimum absolute atomic E-state index is 0.108. The number of aryl methyl sites for hydroxylation is 6. The Morgan fingerprint density at radius 2 is 0.827 bits per heavy atom. The fourth-order valence-electron chi connectivity index (χ4n) is 13.4. The second-order valence-corrected chi connectivity index (χ2v) is 27.7. The number of aromatic nitrogens is 19. The number of aliphatic carboxylic acids is 3. The summed E-state index contributed by atoms with van der Waals surface area (Å²) in [5.74, 6) is 2.73. The first-order chi connectivity index (χ1) is 50.4. The molecule has 9 heterocycles. The second-order valence-electron chi connectivity index (χ2n) is 27.7. The van der Waals surface area contributed by atoms with E-state index in [0.29, 0.717) is 145 Å². The topological polar surface area (TPSA) is 406 Å². The summed E-state index contributed by atoms with van der Waals surface area (Å²) >= 11 is 0. The average molecular weight is 1420 g/mol. The third-order valence-electron chi connectivity index (χ3n) is 19.9. The predicted octanol–water partition coefficient (Wildman–Crippen LogP) is 9.91. The van der Waals surface area contributed by atoms with E-state index in [1.54, 1.807) is 38.8 Å². The maximum absolute atomic E-state index is 11.4. The van der Waals surface area contributed by atoms with Crippen LogP contribution in [-0.4, -0.2) is 152 Å². The molecule has 9 aromatic rings. The van der Waals surface area contributed by atoms with Crippen LogP contribution >= 0.6 is 0 Å². The molecule has 6 atom stereocenters. The zero-order valence-electron chi connectivity index (χ0n) is 59.3. The summed E-state index contributed by atoms with van der Waals surface area (Å²) in [5.41, 5.74) is 9.93. The van der Waals surface area contributed by atoms with Crippen LogP contribution in [0.4, 0.5) is 17.8 Å². The van der Waals surface area contributed by atoms with Crippen LogP contribution < -0.4 is 34.9 Å². The first-order valence-electron chi connectivity index (χ1n) is 35.9. The van der Waals surface area contributed by atoms with Crippen molar-refractivity contribution in [3.05, 3.63) is 113 Å². The summed E-state index contributed by atoms with van der Waals surface area (Å²) in [6.45, 7) is 6.96. The Morgan fingerprint density at radius 3 is 1.21 bits per heavy atom. The van der Waals surface area contributed by atoms with E-state index in [1.807, 2.05) is 84.4 Å². The lowest BCUT2D eigenvalue weighted by Crippen LogP contribution is -2.29. The number of carboxylic acid groups (broad SMARTS) is 3. The van der Waals surface area contributed by atoms with Crippen LogP contribution in [-0.2, 0) is 55.2 Å². The van der Waals surface area contributed by atoms with Crippen molar-refractivity contribution in [3.8, 4) is 57.3 Å². The van der Waals surface area contributed by atoms with Gasteiger partial charge in [-0.3, -0.25) is 14.4 Å². The van der Waals surface area contributed by atoms with Crippen molar-refractivity contribution in [2.75, 3.05) is 16.0 Å². The smallest absolute Gasteiger partial charge is 0.306 e. The SMILES string of the molecule is Cc1nc(-c2nnn(C)c2CNc2nccc(C3CCC3)n2)ccc1O[C@H]1CCC[C@H](C(=O)O)C1.Cc1nc(-c2nnn(C)c2CNc2nccc(OC3CC3)n2)ccc1O[C@H]1CCC[C@H](C(=O)O)C1.Cc1nc(-c2nnn(C)c2CNc2ncnc(C3CC3)n2)ccc1O[C@H]1CCC[C@H](C(=O)O)C1. The number of nitrogens with one attached hydrogen (secondary N) is 3. The highest BCUT2D eigenvalue weighted by atomic mass is 16.5. The Hall–Kier alpha value is -11.0. The molecule has 0 amide bonds. The molecule has 15 rings (SSSR count). The number of carboxylic acids is 3. The number of rotatable bonds is 25. The molecule has 546 valence electrons. The molecule has 0 aliphatic heterocycles. The van der Waals surface area contributed by atoms with Crippen LogP contribution in [0.3, 0.4) is 0 Å². The molecule has 6 aliphatic rings. The summed E-state index contributed by atoms with van der Waals surface area (Å²) in [7, 11) is 5.52. The molecular weight excluding hydrogens is 1330 g/mol. The van der Waals surface area contributed by atoms with E-state index >= 15 is 0 Å². The summed E-state index contributed by atoms with van der Waals surface area (Å²) in [6.07, 6.45) is 21.8. The number of nitrogens with zero attached hydrogens (tertiary/aromatic N) is 19. The molecule has 6 N–H and O–H groups in total. The Bertz CT molecular complexity index is 4500. The van der Waals surface area contributed by atoms with Gasteiger partial charge in [0.15, 0.2) is 0 Å². The van der Waals surface area contributed by atoms with Gasteiger partial charge in [0, 0.05) is 57.1 Å². The van der Waals surface area contributed by atoms with Gasteiger partial charge in [0.25, 0.3) is 0 Å². The van der Waals surface area contributed by atoms with E-state index in [4.69, 9.17) is 33.9 Å². The van der Waals surface area contributed by atoms with E-state index in [2.05, 4.69) is 81.8 Å². The molecule has 6 fully saturated rings. The van der Waals surface area contributed by atoms with Gasteiger partial charge in [-0.2, -0.15) is 9.97 Å². The highest BCUT2D eigenvalue weighted by Gasteiger charge is 2.33. The van der Waals surface area contributed by atoms with Gasteiger partial charge in [0.05, 0.1) is 107 Å². The van der Waals surface area contributed by atoms with Crippen molar-refractivity contribution in [3.63, 3.8) is 0 Å². The summed E-state index contributed by atoms with van der Waals surface area (Å²) in [4.78, 5) is 79.0. The number of carbonyl (C=O) groups is 3. The van der Waals surface area contributed by atoms with Gasteiger partial charge in [-0.25, -0.2) is 53.9 Å². The maximum Gasteiger partial charge on any atom is 0.306 e. The molecule has 9 aromatic heterocycles. The van der Waals surface area contributed by atoms with E-state index in [0.717, 1.165) is 110 Å². The van der Waals surface area contributed by atoms with Gasteiger partial charge in [0.1, 0.15) is 52.6 Å². The fraction of sp³-hybridized carbons (Fsp3) is 0.514. The summed E-state index contributed by atoms with van der Waals surface area (Å²) < 4.78 is 29.3. The molecule has 0 saturated heterocycles. The van der Waals surface area contributed by atoms with Gasteiger partial charge in [0.2, 0.25) is 23.7 Å². The lowest BCUT2D eigenvalue weighted by molar-refractivity contribution is -0.144. The molecule has 32 heteroatoms. The molecule has 32 nitrogen and oxygen atoms in total. The zero-order valence-corrected chi connectivity index (χ0v) is 59.3. The Balaban J connectivity index is 0.000000139. The highest BCUT2D eigenvalue weighted by Crippen LogP contribution is 2.39. The molecular formula is C72H88N22O10. The van der Waals surface area contributed by atoms with Gasteiger partial charge >= 0.3 is 17.9 Å². The molecule has 104 heavy (non-hydrogen) atoms. The van der Waals surface area contributed by atoms with Crippen molar-refractivity contribution >= 4 is 35.8 Å². The molecule has 6 saturated carbocycles. The largest absolute Gasteiger partial charge is 0.489 e. The van der Waals surface area contributed by atoms with Gasteiger partial charge in [-0.05, 0) is 179 Å². The van der Waals surface area contributed by atoms with Crippen LogP contribution in [0.25, 0.3) is 34.2 Å². The average Bonchev–Trinajstić information content (AvgIpc) is 1.63. The Kier molecular flexibility index (Phi) is 22.4. The van der Waals surface area contributed by atoms with E-state index in [9.17, 15) is 29.7 Å². The van der Waals surface area contributed by atoms with Crippen molar-refractivity contribution in [1.82, 2.24) is 94.8 Å². The van der Waals surface area contributed by atoms with Crippen LogP contribution in [0.5, 0.6) is 23.1 Å². The normalized spacial score (nSPS) is 20.1. The molecule has 0 bridgehead atoms. The fourth-order valence-corrected chi connectivity index (χ4v) is 13.4.